The van der Waals surface area contributed by atoms with Gasteiger partial charge in [0.05, 0.1) is 6.61 Å². The fraction of sp³-hybridized carbons (Fsp3) is 0.300. The van der Waals surface area contributed by atoms with E-state index in [0.717, 1.165) is 51.0 Å². The summed E-state index contributed by atoms with van der Waals surface area (Å²) in [5.74, 6) is 4.34. The molecular weight excluding hydrogens is 288 g/mol. The quantitative estimate of drug-likeness (QED) is 0.609. The number of rotatable bonds is 4. The summed E-state index contributed by atoms with van der Waals surface area (Å²) in [6, 6.07) is 8.04. The highest BCUT2D eigenvalue weighted by Crippen LogP contribution is 2.38. The average Bonchev–Trinajstić information content (AvgIpc) is 2.94. The van der Waals surface area contributed by atoms with E-state index in [1.807, 2.05) is 32.0 Å². The number of benzene rings is 2. The lowest BCUT2D eigenvalue weighted by molar-refractivity contribution is 0.315. The molecular formula is C20H20O3. The van der Waals surface area contributed by atoms with E-state index in [4.69, 9.17) is 13.9 Å². The Morgan fingerprint density at radius 2 is 1.57 bits per heavy atom. The molecule has 0 amide bonds. The van der Waals surface area contributed by atoms with Crippen LogP contribution in [0, 0.1) is 25.9 Å². The topological polar surface area (TPSA) is 31.6 Å². The van der Waals surface area contributed by atoms with Crippen LogP contribution in [0.5, 0.6) is 11.5 Å². The molecule has 0 N–H and O–H groups in total. The number of fused-ring (bicyclic) bond motifs is 3. The molecule has 0 spiro atoms. The van der Waals surface area contributed by atoms with Crippen molar-refractivity contribution < 1.29 is 13.9 Å². The molecule has 1 aromatic heterocycles. The summed E-state index contributed by atoms with van der Waals surface area (Å²) in [6.45, 7) is 8.57. The maximum Gasteiger partial charge on any atom is 0.146 e. The zero-order valence-electron chi connectivity index (χ0n) is 13.9. The van der Waals surface area contributed by atoms with Gasteiger partial charge in [0.2, 0.25) is 0 Å². The van der Waals surface area contributed by atoms with E-state index in [-0.39, 0.29) is 0 Å². The molecule has 0 unspecified atom stereocenters. The van der Waals surface area contributed by atoms with Crippen molar-refractivity contribution in [1.29, 1.82) is 0 Å². The van der Waals surface area contributed by atoms with Crippen LogP contribution in [0.1, 0.15) is 31.4 Å². The summed E-state index contributed by atoms with van der Waals surface area (Å²) in [7, 11) is 0. The van der Waals surface area contributed by atoms with Crippen LogP contribution in [0.3, 0.4) is 0 Å². The predicted octanol–water partition coefficient (Wildman–Crippen LogP) is 5.35. The van der Waals surface area contributed by atoms with Crippen LogP contribution in [0.15, 0.2) is 28.7 Å². The van der Waals surface area contributed by atoms with Crippen molar-refractivity contribution >= 4 is 21.9 Å². The van der Waals surface area contributed by atoms with Gasteiger partial charge in [-0.15, -0.1) is 0 Å². The van der Waals surface area contributed by atoms with Gasteiger partial charge < -0.3 is 13.9 Å². The first-order valence-corrected chi connectivity index (χ1v) is 7.84. The molecule has 0 radical (unpaired) electrons. The summed E-state index contributed by atoms with van der Waals surface area (Å²) in [6.07, 6.45) is 3.62. The molecule has 23 heavy (non-hydrogen) atoms. The number of hydrogen-bond acceptors (Lipinski definition) is 3. The summed E-state index contributed by atoms with van der Waals surface area (Å²) < 4.78 is 17.4. The molecule has 0 aliphatic rings. The summed E-state index contributed by atoms with van der Waals surface area (Å²) in [4.78, 5) is 0. The molecule has 118 valence electrons. The third kappa shape index (κ3) is 2.61. The maximum atomic E-state index is 6.15. The standard InChI is InChI=1S/C20H20O3/c1-5-11-21-17-9-7-15-16-8-10-18(22-12-6-2)14(4)20(16)23-19(15)13(17)3/h7-10H,5,11H2,1-4H3. The normalized spacial score (nSPS) is 10.6. The van der Waals surface area contributed by atoms with Crippen molar-refractivity contribution in [1.82, 2.24) is 0 Å². The Morgan fingerprint density at radius 1 is 0.957 bits per heavy atom. The van der Waals surface area contributed by atoms with Crippen molar-refractivity contribution in [2.24, 2.45) is 0 Å². The maximum absolute atomic E-state index is 6.15. The molecule has 3 heteroatoms. The Labute approximate surface area is 136 Å². The van der Waals surface area contributed by atoms with Gasteiger partial charge in [0, 0.05) is 28.8 Å². The van der Waals surface area contributed by atoms with Crippen LogP contribution < -0.4 is 9.47 Å². The fourth-order valence-electron chi connectivity index (χ4n) is 2.72. The molecule has 1 heterocycles. The Hall–Kier alpha value is -2.60. The number of hydrogen-bond donors (Lipinski definition) is 0. The highest BCUT2D eigenvalue weighted by Gasteiger charge is 2.16. The van der Waals surface area contributed by atoms with Gasteiger partial charge >= 0.3 is 0 Å². The highest BCUT2D eigenvalue weighted by molar-refractivity contribution is 6.07. The molecule has 2 aromatic carbocycles. The van der Waals surface area contributed by atoms with Crippen LogP contribution in [0.25, 0.3) is 21.9 Å². The minimum atomic E-state index is 0.708. The van der Waals surface area contributed by atoms with E-state index in [1.165, 1.54) is 0 Å². The van der Waals surface area contributed by atoms with Gasteiger partial charge in [0.15, 0.2) is 0 Å². The number of furan rings is 1. The molecule has 0 aliphatic heterocycles. The van der Waals surface area contributed by atoms with E-state index >= 15 is 0 Å². The molecule has 3 rings (SSSR count). The van der Waals surface area contributed by atoms with Crippen molar-refractivity contribution in [2.75, 3.05) is 6.61 Å². The summed E-state index contributed by atoms with van der Waals surface area (Å²) >= 11 is 0. The highest BCUT2D eigenvalue weighted by atomic mass is 16.5. The second-order valence-corrected chi connectivity index (χ2v) is 5.54. The first kappa shape index (κ1) is 15.3. The molecule has 3 aromatic rings. The zero-order valence-corrected chi connectivity index (χ0v) is 13.9. The van der Waals surface area contributed by atoms with Crippen molar-refractivity contribution in [3.8, 4) is 23.5 Å². The van der Waals surface area contributed by atoms with Crippen LogP contribution in [-0.2, 0) is 0 Å². The fourth-order valence-corrected chi connectivity index (χ4v) is 2.72. The molecule has 3 nitrogen and oxygen atoms in total. The second-order valence-electron chi connectivity index (χ2n) is 5.54. The SMILES string of the molecule is CC#COc1ccc2c(oc3c(C)c(OCCC)ccc32)c1C. The minimum absolute atomic E-state index is 0.708. The summed E-state index contributed by atoms with van der Waals surface area (Å²) in [5, 5.41) is 2.18. The van der Waals surface area contributed by atoms with Gasteiger partial charge in [-0.1, -0.05) is 12.8 Å². The smallest absolute Gasteiger partial charge is 0.146 e. The lowest BCUT2D eigenvalue weighted by Gasteiger charge is -2.07. The lowest BCUT2D eigenvalue weighted by Crippen LogP contribution is -1.96. The van der Waals surface area contributed by atoms with Crippen LogP contribution >= 0.6 is 0 Å². The Balaban J connectivity index is 2.18. The second kappa shape index (κ2) is 6.26. The van der Waals surface area contributed by atoms with Crippen LogP contribution in [0.2, 0.25) is 0 Å². The Bertz CT molecular complexity index is 923. The first-order chi connectivity index (χ1) is 11.2. The Kier molecular flexibility index (Phi) is 4.16. The number of aryl methyl sites for hydroxylation is 2. The van der Waals surface area contributed by atoms with Gasteiger partial charge in [-0.05, 0) is 44.5 Å². The molecule has 0 atom stereocenters. The number of ether oxygens (including phenoxy) is 2. The first-order valence-electron chi connectivity index (χ1n) is 7.84. The van der Waals surface area contributed by atoms with Crippen molar-refractivity contribution in [2.45, 2.75) is 34.1 Å². The van der Waals surface area contributed by atoms with E-state index in [9.17, 15) is 0 Å². The Morgan fingerprint density at radius 3 is 2.17 bits per heavy atom. The van der Waals surface area contributed by atoms with Crippen molar-refractivity contribution in [3.05, 3.63) is 35.4 Å². The monoisotopic (exact) mass is 308 g/mol. The third-order valence-corrected chi connectivity index (χ3v) is 3.93. The largest absolute Gasteiger partial charge is 0.493 e. The van der Waals surface area contributed by atoms with E-state index in [0.29, 0.717) is 6.61 Å². The van der Waals surface area contributed by atoms with Crippen molar-refractivity contribution in [3.63, 3.8) is 0 Å². The molecule has 0 bridgehead atoms. The molecule has 0 saturated heterocycles. The van der Waals surface area contributed by atoms with Gasteiger partial charge in [-0.25, -0.2) is 0 Å². The lowest BCUT2D eigenvalue weighted by atomic mass is 10.1. The molecule has 0 fully saturated rings. The van der Waals surface area contributed by atoms with E-state index in [1.54, 1.807) is 6.92 Å². The molecule has 0 aliphatic carbocycles. The summed E-state index contributed by atoms with van der Waals surface area (Å²) in [5.41, 5.74) is 3.70. The van der Waals surface area contributed by atoms with Gasteiger partial charge in [-0.2, -0.15) is 0 Å². The third-order valence-electron chi connectivity index (χ3n) is 3.93. The molecule has 0 saturated carbocycles. The van der Waals surface area contributed by atoms with E-state index in [2.05, 4.69) is 25.0 Å². The average molecular weight is 308 g/mol. The van der Waals surface area contributed by atoms with Gasteiger partial charge in [0.25, 0.3) is 0 Å². The van der Waals surface area contributed by atoms with Crippen LogP contribution in [0.4, 0.5) is 0 Å². The minimum Gasteiger partial charge on any atom is -0.493 e. The van der Waals surface area contributed by atoms with Gasteiger partial charge in [-0.3, -0.25) is 0 Å². The van der Waals surface area contributed by atoms with Gasteiger partial charge in [0.1, 0.15) is 28.8 Å². The van der Waals surface area contributed by atoms with E-state index < -0.39 is 0 Å². The van der Waals surface area contributed by atoms with Crippen LogP contribution in [-0.4, -0.2) is 6.61 Å². The predicted molar refractivity (Wildman–Crippen MR) is 93.1 cm³/mol. The zero-order chi connectivity index (χ0) is 16.4.